The van der Waals surface area contributed by atoms with Gasteiger partial charge < -0.3 is 4.98 Å². The third-order valence-corrected chi connectivity index (χ3v) is 3.37. The molecule has 0 radical (unpaired) electrons. The highest BCUT2D eigenvalue weighted by molar-refractivity contribution is 5.94. The molecule has 102 valence electrons. The molecule has 0 saturated carbocycles. The Labute approximate surface area is 117 Å². The molecule has 0 aliphatic carbocycles. The number of H-pyrrole nitrogens is 2. The number of nitrogens with one attached hydrogen (secondary N) is 2. The van der Waals surface area contributed by atoms with E-state index in [2.05, 4.69) is 20.2 Å². The number of aromatic amines is 2. The Bertz CT molecular complexity index is 952. The summed E-state index contributed by atoms with van der Waals surface area (Å²) < 4.78 is 0. The summed E-state index contributed by atoms with van der Waals surface area (Å²) in [6, 6.07) is 12.3. The van der Waals surface area contributed by atoms with Gasteiger partial charge in [-0.05, 0) is 18.2 Å². The predicted octanol–water partition coefficient (Wildman–Crippen LogP) is 3.01. The average Bonchev–Trinajstić information content (AvgIpc) is 3.09. The van der Waals surface area contributed by atoms with Crippen molar-refractivity contribution in [3.8, 4) is 11.5 Å². The van der Waals surface area contributed by atoms with Crippen LogP contribution in [0.1, 0.15) is 0 Å². The number of nitrogens with zero attached hydrogens (tertiary/aromatic N) is 3. The highest BCUT2D eigenvalue weighted by Crippen LogP contribution is 2.28. The summed E-state index contributed by atoms with van der Waals surface area (Å²) in [4.78, 5) is 18.1. The molecule has 2 aromatic heterocycles. The zero-order valence-electron chi connectivity index (χ0n) is 10.7. The van der Waals surface area contributed by atoms with Gasteiger partial charge in [0, 0.05) is 17.5 Å². The van der Waals surface area contributed by atoms with E-state index in [1.54, 1.807) is 6.07 Å². The molecule has 0 saturated heterocycles. The molecule has 7 heteroatoms. The molecular formula is C14H9N5O2. The van der Waals surface area contributed by atoms with Gasteiger partial charge in [-0.1, -0.05) is 12.1 Å². The van der Waals surface area contributed by atoms with Crippen molar-refractivity contribution in [3.05, 3.63) is 52.6 Å². The van der Waals surface area contributed by atoms with Gasteiger partial charge in [-0.3, -0.25) is 15.2 Å². The molecule has 2 heterocycles. The minimum absolute atomic E-state index is 0.0299. The summed E-state index contributed by atoms with van der Waals surface area (Å²) in [7, 11) is 0. The van der Waals surface area contributed by atoms with Gasteiger partial charge in [0.05, 0.1) is 21.5 Å². The number of nitro benzene ring substituents is 1. The first-order valence-corrected chi connectivity index (χ1v) is 6.30. The largest absolute Gasteiger partial charge is 0.337 e. The lowest BCUT2D eigenvalue weighted by Crippen LogP contribution is -1.86. The second-order valence-electron chi connectivity index (χ2n) is 4.66. The lowest BCUT2D eigenvalue weighted by Gasteiger charge is -1.93. The van der Waals surface area contributed by atoms with Gasteiger partial charge in [0.2, 0.25) is 0 Å². The summed E-state index contributed by atoms with van der Waals surface area (Å²) >= 11 is 0. The Morgan fingerprint density at radius 2 is 1.95 bits per heavy atom. The quantitative estimate of drug-likeness (QED) is 0.435. The molecule has 4 rings (SSSR count). The van der Waals surface area contributed by atoms with Gasteiger partial charge in [-0.2, -0.15) is 5.10 Å². The van der Waals surface area contributed by atoms with E-state index in [1.807, 2.05) is 24.3 Å². The van der Waals surface area contributed by atoms with Gasteiger partial charge in [0.25, 0.3) is 5.69 Å². The Kier molecular flexibility index (Phi) is 2.28. The minimum Gasteiger partial charge on any atom is -0.337 e. The number of imidazole rings is 1. The van der Waals surface area contributed by atoms with E-state index < -0.39 is 4.92 Å². The van der Waals surface area contributed by atoms with E-state index >= 15 is 0 Å². The van der Waals surface area contributed by atoms with Gasteiger partial charge in [0.1, 0.15) is 5.69 Å². The highest BCUT2D eigenvalue weighted by atomic mass is 16.6. The van der Waals surface area contributed by atoms with Crippen molar-refractivity contribution in [2.45, 2.75) is 0 Å². The molecule has 0 amide bonds. The zero-order valence-corrected chi connectivity index (χ0v) is 10.7. The van der Waals surface area contributed by atoms with Gasteiger partial charge in [0.15, 0.2) is 5.82 Å². The molecule has 2 aromatic carbocycles. The van der Waals surface area contributed by atoms with Gasteiger partial charge >= 0.3 is 0 Å². The van der Waals surface area contributed by atoms with E-state index in [0.717, 1.165) is 16.4 Å². The van der Waals surface area contributed by atoms with Crippen LogP contribution < -0.4 is 0 Å². The van der Waals surface area contributed by atoms with Crippen molar-refractivity contribution in [2.75, 3.05) is 0 Å². The number of non-ortho nitro benzene ring substituents is 1. The maximum atomic E-state index is 10.8. The smallest absolute Gasteiger partial charge is 0.271 e. The van der Waals surface area contributed by atoms with Crippen LogP contribution in [0, 0.1) is 10.1 Å². The molecule has 21 heavy (non-hydrogen) atoms. The first-order valence-electron chi connectivity index (χ1n) is 6.30. The number of hydrogen-bond acceptors (Lipinski definition) is 4. The summed E-state index contributed by atoms with van der Waals surface area (Å²) in [5, 5.41) is 18.6. The first-order chi connectivity index (χ1) is 10.2. The number of nitro groups is 1. The van der Waals surface area contributed by atoms with Gasteiger partial charge in [-0.15, -0.1) is 0 Å². The standard InChI is InChI=1S/C14H9N5O2/c20-19(21)8-5-6-9-12(7-8)17-18-13(9)14-15-10-3-1-2-4-11(10)16-14/h1-7H,(H,15,16)(H,17,18). The molecule has 0 aliphatic rings. The number of para-hydroxylation sites is 2. The third-order valence-electron chi connectivity index (χ3n) is 3.37. The Balaban J connectivity index is 1.92. The van der Waals surface area contributed by atoms with E-state index in [-0.39, 0.29) is 5.69 Å². The summed E-state index contributed by atoms with van der Waals surface area (Å²) in [6.07, 6.45) is 0. The summed E-state index contributed by atoms with van der Waals surface area (Å²) in [5.74, 6) is 0.635. The van der Waals surface area contributed by atoms with Crippen molar-refractivity contribution in [3.63, 3.8) is 0 Å². The van der Waals surface area contributed by atoms with Crippen LogP contribution in [0.2, 0.25) is 0 Å². The number of fused-ring (bicyclic) bond motifs is 2. The predicted molar refractivity (Wildman–Crippen MR) is 77.8 cm³/mol. The maximum absolute atomic E-state index is 10.8. The number of benzene rings is 2. The van der Waals surface area contributed by atoms with Crippen molar-refractivity contribution < 1.29 is 4.92 Å². The molecule has 0 aliphatic heterocycles. The Morgan fingerprint density at radius 3 is 2.76 bits per heavy atom. The molecule has 0 spiro atoms. The molecule has 4 aromatic rings. The Morgan fingerprint density at radius 1 is 1.10 bits per heavy atom. The van der Waals surface area contributed by atoms with Crippen molar-refractivity contribution in [1.29, 1.82) is 0 Å². The summed E-state index contributed by atoms with van der Waals surface area (Å²) in [5.41, 5.74) is 3.06. The molecule has 0 bridgehead atoms. The van der Waals surface area contributed by atoms with Crippen LogP contribution >= 0.6 is 0 Å². The molecule has 0 unspecified atom stereocenters. The highest BCUT2D eigenvalue weighted by Gasteiger charge is 2.15. The van der Waals surface area contributed by atoms with Crippen molar-refractivity contribution >= 4 is 27.6 Å². The fraction of sp³-hybridized carbons (Fsp3) is 0. The lowest BCUT2D eigenvalue weighted by molar-refractivity contribution is -0.384. The summed E-state index contributed by atoms with van der Waals surface area (Å²) in [6.45, 7) is 0. The van der Waals surface area contributed by atoms with Crippen molar-refractivity contribution in [2.24, 2.45) is 0 Å². The molecular weight excluding hydrogens is 270 g/mol. The molecule has 0 fully saturated rings. The average molecular weight is 279 g/mol. The van der Waals surface area contributed by atoms with Crippen LogP contribution in [-0.2, 0) is 0 Å². The van der Waals surface area contributed by atoms with Crippen LogP contribution in [0.3, 0.4) is 0 Å². The normalized spacial score (nSPS) is 11.2. The van der Waals surface area contributed by atoms with E-state index in [9.17, 15) is 10.1 Å². The van der Waals surface area contributed by atoms with Crippen LogP contribution in [-0.4, -0.2) is 25.1 Å². The molecule has 7 nitrogen and oxygen atoms in total. The Hall–Kier alpha value is -3.22. The third kappa shape index (κ3) is 1.75. The van der Waals surface area contributed by atoms with Crippen LogP contribution in [0.4, 0.5) is 5.69 Å². The SMILES string of the molecule is O=[N+]([O-])c1ccc2c(-c3nc4ccccc4[nH]3)n[nH]c2c1. The number of hydrogen-bond donors (Lipinski definition) is 2. The fourth-order valence-electron chi connectivity index (χ4n) is 2.37. The van der Waals surface area contributed by atoms with E-state index in [1.165, 1.54) is 12.1 Å². The molecule has 2 N–H and O–H groups in total. The fourth-order valence-corrected chi connectivity index (χ4v) is 2.37. The topological polar surface area (TPSA) is 100 Å². The minimum atomic E-state index is -0.429. The van der Waals surface area contributed by atoms with Gasteiger partial charge in [-0.25, -0.2) is 4.98 Å². The maximum Gasteiger partial charge on any atom is 0.271 e. The van der Waals surface area contributed by atoms with E-state index in [0.29, 0.717) is 17.0 Å². The number of aromatic nitrogens is 4. The first kappa shape index (κ1) is 11.6. The molecule has 0 atom stereocenters. The second kappa shape index (κ2) is 4.14. The van der Waals surface area contributed by atoms with Crippen LogP contribution in [0.15, 0.2) is 42.5 Å². The lowest BCUT2D eigenvalue weighted by atomic mass is 10.2. The van der Waals surface area contributed by atoms with Crippen LogP contribution in [0.5, 0.6) is 0 Å². The second-order valence-corrected chi connectivity index (χ2v) is 4.66. The van der Waals surface area contributed by atoms with E-state index in [4.69, 9.17) is 0 Å². The monoisotopic (exact) mass is 279 g/mol. The zero-order chi connectivity index (χ0) is 14.4. The van der Waals surface area contributed by atoms with Crippen LogP contribution in [0.25, 0.3) is 33.5 Å². The number of rotatable bonds is 2. The van der Waals surface area contributed by atoms with Crippen molar-refractivity contribution in [1.82, 2.24) is 20.2 Å².